The molecule has 0 radical (unpaired) electrons. The first kappa shape index (κ1) is 20.2. The van der Waals surface area contributed by atoms with E-state index >= 15 is 0 Å². The quantitative estimate of drug-likeness (QED) is 0.732. The molecule has 6 nitrogen and oxygen atoms in total. The maximum atomic E-state index is 13.3. The third kappa shape index (κ3) is 6.29. The van der Waals surface area contributed by atoms with Crippen LogP contribution in [0.4, 0.5) is 4.39 Å². The Labute approximate surface area is 158 Å². The SMILES string of the molecule is CCC=C(N=C(C)C)NC(=O)c1cc(Oc2cncc(F)c2)cc(CC)n1. The van der Waals surface area contributed by atoms with Crippen LogP contribution in [0.15, 0.2) is 47.5 Å². The van der Waals surface area contributed by atoms with Crippen molar-refractivity contribution in [1.29, 1.82) is 0 Å². The second kappa shape index (κ2) is 9.56. The zero-order chi connectivity index (χ0) is 19.8. The average Bonchev–Trinajstić information content (AvgIpc) is 2.61. The summed E-state index contributed by atoms with van der Waals surface area (Å²) in [6.07, 6.45) is 5.66. The fraction of sp³-hybridized carbons (Fsp3) is 0.300. The number of aromatic nitrogens is 2. The molecular formula is C20H23FN4O2. The molecule has 7 heteroatoms. The van der Waals surface area contributed by atoms with Gasteiger partial charge in [0.15, 0.2) is 0 Å². The Hall–Kier alpha value is -3.09. The molecule has 0 aliphatic rings. The molecule has 2 rings (SSSR count). The Morgan fingerprint density at radius 1 is 1.22 bits per heavy atom. The first-order valence-corrected chi connectivity index (χ1v) is 8.74. The molecule has 142 valence electrons. The molecule has 2 aromatic heterocycles. The minimum absolute atomic E-state index is 0.194. The van der Waals surface area contributed by atoms with Crippen LogP contribution in [-0.4, -0.2) is 21.6 Å². The van der Waals surface area contributed by atoms with Gasteiger partial charge in [0.1, 0.15) is 28.8 Å². The number of carbonyl (C=O) groups is 1. The van der Waals surface area contributed by atoms with Crippen LogP contribution in [0.2, 0.25) is 0 Å². The highest BCUT2D eigenvalue weighted by molar-refractivity contribution is 5.94. The number of allylic oxidation sites excluding steroid dienone is 1. The molecule has 0 saturated heterocycles. The normalized spacial score (nSPS) is 11.1. The zero-order valence-electron chi connectivity index (χ0n) is 15.9. The maximum absolute atomic E-state index is 13.3. The predicted octanol–water partition coefficient (Wildman–Crippen LogP) is 4.43. The predicted molar refractivity (Wildman–Crippen MR) is 103 cm³/mol. The van der Waals surface area contributed by atoms with Crippen molar-refractivity contribution in [2.24, 2.45) is 4.99 Å². The van der Waals surface area contributed by atoms with E-state index in [0.29, 0.717) is 23.7 Å². The zero-order valence-corrected chi connectivity index (χ0v) is 15.9. The van der Waals surface area contributed by atoms with Gasteiger partial charge in [-0.05, 0) is 32.8 Å². The Kier molecular flexibility index (Phi) is 7.16. The van der Waals surface area contributed by atoms with Gasteiger partial charge in [-0.3, -0.25) is 9.78 Å². The summed E-state index contributed by atoms with van der Waals surface area (Å²) in [6, 6.07) is 4.43. The van der Waals surface area contributed by atoms with E-state index in [1.165, 1.54) is 18.3 Å². The van der Waals surface area contributed by atoms with Gasteiger partial charge in [-0.1, -0.05) is 13.8 Å². The van der Waals surface area contributed by atoms with E-state index in [0.717, 1.165) is 18.3 Å². The summed E-state index contributed by atoms with van der Waals surface area (Å²) in [5.74, 6) is 0.209. The molecular weight excluding hydrogens is 347 g/mol. The number of carbonyl (C=O) groups excluding carboxylic acids is 1. The maximum Gasteiger partial charge on any atom is 0.275 e. The van der Waals surface area contributed by atoms with Crippen molar-refractivity contribution in [2.75, 3.05) is 0 Å². The van der Waals surface area contributed by atoms with Crippen LogP contribution in [0.1, 0.15) is 50.3 Å². The van der Waals surface area contributed by atoms with Gasteiger partial charge in [-0.15, -0.1) is 0 Å². The number of aliphatic imine (C=N–C) groups is 1. The minimum atomic E-state index is -0.502. The summed E-state index contributed by atoms with van der Waals surface area (Å²) in [5, 5.41) is 2.76. The van der Waals surface area contributed by atoms with Gasteiger partial charge in [-0.25, -0.2) is 14.4 Å². The Morgan fingerprint density at radius 3 is 2.63 bits per heavy atom. The standard InChI is InChI=1S/C20H23FN4O2/c1-5-7-19(23-13(3)4)25-20(26)18-10-16(9-15(6-2)24-18)27-17-8-14(21)11-22-12-17/h7-12H,5-6H2,1-4H3,(H,25,26). The van der Waals surface area contributed by atoms with Crippen LogP contribution >= 0.6 is 0 Å². The van der Waals surface area contributed by atoms with E-state index in [1.54, 1.807) is 6.07 Å². The van der Waals surface area contributed by atoms with E-state index in [-0.39, 0.29) is 11.4 Å². The van der Waals surface area contributed by atoms with Crippen molar-refractivity contribution in [2.45, 2.75) is 40.5 Å². The second-order valence-electron chi connectivity index (χ2n) is 5.98. The molecule has 1 amide bonds. The number of amides is 1. The molecule has 2 aromatic rings. The van der Waals surface area contributed by atoms with Crippen molar-refractivity contribution >= 4 is 11.6 Å². The fourth-order valence-corrected chi connectivity index (χ4v) is 2.24. The van der Waals surface area contributed by atoms with Gasteiger partial charge in [0.05, 0.1) is 12.4 Å². The van der Waals surface area contributed by atoms with Gasteiger partial charge in [-0.2, -0.15) is 0 Å². The first-order valence-electron chi connectivity index (χ1n) is 8.74. The molecule has 2 heterocycles. The molecule has 0 unspecified atom stereocenters. The first-order chi connectivity index (χ1) is 12.9. The lowest BCUT2D eigenvalue weighted by molar-refractivity contribution is 0.0960. The number of halogens is 1. The molecule has 0 bridgehead atoms. The molecule has 0 fully saturated rings. The van der Waals surface area contributed by atoms with Crippen molar-refractivity contribution in [1.82, 2.24) is 15.3 Å². The summed E-state index contributed by atoms with van der Waals surface area (Å²) >= 11 is 0. The van der Waals surface area contributed by atoms with Crippen LogP contribution in [-0.2, 0) is 6.42 Å². The molecule has 0 aliphatic heterocycles. The van der Waals surface area contributed by atoms with E-state index < -0.39 is 11.7 Å². The number of nitrogens with one attached hydrogen (secondary N) is 1. The third-order valence-corrected chi connectivity index (χ3v) is 3.35. The molecule has 0 saturated carbocycles. The van der Waals surface area contributed by atoms with Crippen LogP contribution < -0.4 is 10.1 Å². The number of rotatable bonds is 7. The summed E-state index contributed by atoms with van der Waals surface area (Å²) in [5.41, 5.74) is 1.70. The van der Waals surface area contributed by atoms with Crippen LogP contribution in [0.3, 0.4) is 0 Å². The number of ether oxygens (including phenoxy) is 1. The lowest BCUT2D eigenvalue weighted by Crippen LogP contribution is -2.24. The highest BCUT2D eigenvalue weighted by atomic mass is 19.1. The summed E-state index contributed by atoms with van der Waals surface area (Å²) < 4.78 is 19.0. The third-order valence-electron chi connectivity index (χ3n) is 3.35. The number of aryl methyl sites for hydroxylation is 1. The van der Waals surface area contributed by atoms with Crippen LogP contribution in [0, 0.1) is 5.82 Å². The minimum Gasteiger partial charge on any atom is -0.455 e. The van der Waals surface area contributed by atoms with Crippen LogP contribution in [0.25, 0.3) is 0 Å². The number of hydrogen-bond donors (Lipinski definition) is 1. The van der Waals surface area contributed by atoms with Crippen molar-refractivity contribution in [3.05, 3.63) is 59.7 Å². The molecule has 0 aliphatic carbocycles. The van der Waals surface area contributed by atoms with Crippen molar-refractivity contribution < 1.29 is 13.9 Å². The topological polar surface area (TPSA) is 76.5 Å². The van der Waals surface area contributed by atoms with Gasteiger partial charge in [0.2, 0.25) is 0 Å². The second-order valence-corrected chi connectivity index (χ2v) is 5.98. The summed E-state index contributed by atoms with van der Waals surface area (Å²) in [6.45, 7) is 7.58. The summed E-state index contributed by atoms with van der Waals surface area (Å²) in [4.78, 5) is 25.0. The van der Waals surface area contributed by atoms with E-state index in [1.807, 2.05) is 33.8 Å². The number of nitrogens with zero attached hydrogens (tertiary/aromatic N) is 3. The van der Waals surface area contributed by atoms with E-state index in [4.69, 9.17) is 4.74 Å². The van der Waals surface area contributed by atoms with Gasteiger partial charge in [0, 0.05) is 29.6 Å². The largest absolute Gasteiger partial charge is 0.455 e. The van der Waals surface area contributed by atoms with Crippen molar-refractivity contribution in [3.8, 4) is 11.5 Å². The average molecular weight is 370 g/mol. The Morgan fingerprint density at radius 2 is 2.00 bits per heavy atom. The summed E-state index contributed by atoms with van der Waals surface area (Å²) in [7, 11) is 0. The van der Waals surface area contributed by atoms with Crippen LogP contribution in [0.5, 0.6) is 11.5 Å². The fourth-order valence-electron chi connectivity index (χ4n) is 2.24. The van der Waals surface area contributed by atoms with Crippen molar-refractivity contribution in [3.63, 3.8) is 0 Å². The van der Waals surface area contributed by atoms with Gasteiger partial charge >= 0.3 is 0 Å². The van der Waals surface area contributed by atoms with E-state index in [9.17, 15) is 9.18 Å². The lowest BCUT2D eigenvalue weighted by atomic mass is 10.2. The molecule has 0 atom stereocenters. The molecule has 0 spiro atoms. The highest BCUT2D eigenvalue weighted by Gasteiger charge is 2.13. The van der Waals surface area contributed by atoms with Gasteiger partial charge < -0.3 is 10.1 Å². The Balaban J connectivity index is 2.29. The number of hydrogen-bond acceptors (Lipinski definition) is 5. The highest BCUT2D eigenvalue weighted by Crippen LogP contribution is 2.23. The number of pyridine rings is 2. The van der Waals surface area contributed by atoms with Gasteiger partial charge in [0.25, 0.3) is 5.91 Å². The molecule has 0 aromatic carbocycles. The lowest BCUT2D eigenvalue weighted by Gasteiger charge is -2.10. The smallest absolute Gasteiger partial charge is 0.275 e. The van der Waals surface area contributed by atoms with E-state index in [2.05, 4.69) is 20.3 Å². The Bertz CT molecular complexity index is 874. The monoisotopic (exact) mass is 370 g/mol. The molecule has 1 N–H and O–H groups in total. The molecule has 27 heavy (non-hydrogen) atoms.